The van der Waals surface area contributed by atoms with Crippen LogP contribution in [0.2, 0.25) is 12.1 Å². The van der Waals surface area contributed by atoms with Gasteiger partial charge in [-0.05, 0) is 55.2 Å². The van der Waals surface area contributed by atoms with Crippen LogP contribution in [0, 0.1) is 11.7 Å². The molecule has 100 valence electrons. The molecule has 0 spiro atoms. The fourth-order valence-corrected chi connectivity index (χ4v) is 4.57. The van der Waals surface area contributed by atoms with Gasteiger partial charge in [-0.2, -0.15) is 0 Å². The lowest BCUT2D eigenvalue weighted by molar-refractivity contribution is 0.318. The molecule has 0 unspecified atom stereocenters. The molecule has 0 radical (unpaired) electrons. The summed E-state index contributed by atoms with van der Waals surface area (Å²) in [5, 5.41) is 0. The fourth-order valence-electron chi connectivity index (χ4n) is 3.20. The summed E-state index contributed by atoms with van der Waals surface area (Å²) in [5.41, 5.74) is 1.35. The van der Waals surface area contributed by atoms with Gasteiger partial charge in [-0.25, -0.2) is 4.39 Å². The molecule has 1 aliphatic carbocycles. The predicted octanol–water partition coefficient (Wildman–Crippen LogP) is 4.51. The van der Waals surface area contributed by atoms with E-state index in [4.69, 9.17) is 0 Å². The van der Waals surface area contributed by atoms with E-state index >= 15 is 0 Å². The molecule has 1 aromatic carbocycles. The summed E-state index contributed by atoms with van der Waals surface area (Å²) < 4.78 is 12.9. The maximum Gasteiger partial charge on any atom is 0.123 e. The van der Waals surface area contributed by atoms with E-state index in [0.29, 0.717) is 5.92 Å². The Hall–Kier alpha value is -0.633. The van der Waals surface area contributed by atoms with Gasteiger partial charge in [0.1, 0.15) is 5.82 Å². The van der Waals surface area contributed by atoms with Gasteiger partial charge in [0.2, 0.25) is 0 Å². The third kappa shape index (κ3) is 3.94. The monoisotopic (exact) mass is 264 g/mol. The van der Waals surface area contributed by atoms with E-state index in [2.05, 4.69) is 6.92 Å². The first kappa shape index (κ1) is 13.8. The molecule has 0 aromatic heterocycles. The maximum absolute atomic E-state index is 12.9. The van der Waals surface area contributed by atoms with Crippen molar-refractivity contribution in [3.8, 4) is 0 Å². The van der Waals surface area contributed by atoms with Crippen LogP contribution >= 0.6 is 0 Å². The largest absolute Gasteiger partial charge is 0.207 e. The molecule has 1 aliphatic rings. The Morgan fingerprint density at radius 3 is 2.39 bits per heavy atom. The maximum atomic E-state index is 12.9. The normalized spacial score (nSPS) is 24.8. The van der Waals surface area contributed by atoms with Crippen molar-refractivity contribution in [2.24, 2.45) is 5.92 Å². The fraction of sp³-hybridized carbons (Fsp3) is 0.625. The van der Waals surface area contributed by atoms with Crippen molar-refractivity contribution in [3.63, 3.8) is 0 Å². The molecule has 0 amide bonds. The van der Waals surface area contributed by atoms with Crippen LogP contribution < -0.4 is 0 Å². The summed E-state index contributed by atoms with van der Waals surface area (Å²) in [5.74, 6) is 1.56. The van der Waals surface area contributed by atoms with Crippen LogP contribution in [0.25, 0.3) is 0 Å². The van der Waals surface area contributed by atoms with Gasteiger partial charge in [0.25, 0.3) is 0 Å². The van der Waals surface area contributed by atoms with E-state index in [1.165, 1.54) is 43.7 Å². The first-order valence-corrected chi connectivity index (χ1v) is 9.55. The van der Waals surface area contributed by atoms with E-state index in [0.717, 1.165) is 5.92 Å². The molecule has 0 heterocycles. The second-order valence-corrected chi connectivity index (χ2v) is 8.18. The second kappa shape index (κ2) is 7.08. The highest BCUT2D eigenvalue weighted by atomic mass is 28.2. The zero-order valence-electron chi connectivity index (χ0n) is 11.5. The van der Waals surface area contributed by atoms with Crippen LogP contribution in [-0.2, 0) is 0 Å². The van der Waals surface area contributed by atoms with Gasteiger partial charge in [-0.1, -0.05) is 37.6 Å². The topological polar surface area (TPSA) is 0 Å². The summed E-state index contributed by atoms with van der Waals surface area (Å²) in [6.07, 6.45) is 6.88. The molecule has 2 heteroatoms. The van der Waals surface area contributed by atoms with E-state index in [9.17, 15) is 4.39 Å². The van der Waals surface area contributed by atoms with Crippen LogP contribution in [0.5, 0.6) is 0 Å². The van der Waals surface area contributed by atoms with Crippen molar-refractivity contribution in [2.45, 2.75) is 57.0 Å². The SMILES string of the molecule is CC[SiH2]CC[C@H]1CC[C@H](c2ccc(F)cc2)CC1. The van der Waals surface area contributed by atoms with Crippen LogP contribution in [0.4, 0.5) is 4.39 Å². The number of halogens is 1. The van der Waals surface area contributed by atoms with Gasteiger partial charge in [0, 0.05) is 9.52 Å². The molecular weight excluding hydrogens is 239 g/mol. The first-order chi connectivity index (χ1) is 8.79. The van der Waals surface area contributed by atoms with E-state index in [-0.39, 0.29) is 15.3 Å². The molecular formula is C16H25FSi. The van der Waals surface area contributed by atoms with Crippen molar-refractivity contribution in [1.82, 2.24) is 0 Å². The minimum atomic E-state index is -0.114. The summed E-state index contributed by atoms with van der Waals surface area (Å²) in [6, 6.07) is 10.2. The summed E-state index contributed by atoms with van der Waals surface area (Å²) >= 11 is 0. The molecule has 0 saturated heterocycles. The highest BCUT2D eigenvalue weighted by Crippen LogP contribution is 2.37. The Labute approximate surface area is 113 Å². The number of rotatable bonds is 5. The van der Waals surface area contributed by atoms with Gasteiger partial charge < -0.3 is 0 Å². The van der Waals surface area contributed by atoms with Gasteiger partial charge in [-0.3, -0.25) is 0 Å². The Bertz CT molecular complexity index is 339. The molecule has 0 atom stereocenters. The van der Waals surface area contributed by atoms with Crippen molar-refractivity contribution < 1.29 is 4.39 Å². The Morgan fingerprint density at radius 1 is 1.11 bits per heavy atom. The van der Waals surface area contributed by atoms with E-state index in [1.807, 2.05) is 12.1 Å². The first-order valence-electron chi connectivity index (χ1n) is 7.55. The molecule has 2 rings (SSSR count). The van der Waals surface area contributed by atoms with Gasteiger partial charge >= 0.3 is 0 Å². The van der Waals surface area contributed by atoms with Crippen LogP contribution in [-0.4, -0.2) is 9.52 Å². The van der Waals surface area contributed by atoms with Crippen molar-refractivity contribution >= 4 is 9.52 Å². The molecule has 1 fully saturated rings. The van der Waals surface area contributed by atoms with Crippen molar-refractivity contribution in [2.75, 3.05) is 0 Å². The van der Waals surface area contributed by atoms with E-state index < -0.39 is 0 Å². The molecule has 0 aliphatic heterocycles. The third-order valence-corrected chi connectivity index (χ3v) is 6.02. The lowest BCUT2D eigenvalue weighted by Crippen LogP contribution is -2.13. The Morgan fingerprint density at radius 2 is 1.78 bits per heavy atom. The van der Waals surface area contributed by atoms with Gasteiger partial charge in [0.15, 0.2) is 0 Å². The molecule has 18 heavy (non-hydrogen) atoms. The van der Waals surface area contributed by atoms with E-state index in [1.54, 1.807) is 18.2 Å². The average molecular weight is 264 g/mol. The summed E-state index contributed by atoms with van der Waals surface area (Å²) in [7, 11) is 0.267. The predicted molar refractivity (Wildman–Crippen MR) is 79.5 cm³/mol. The number of hydrogen-bond donors (Lipinski definition) is 0. The Balaban J connectivity index is 1.77. The summed E-state index contributed by atoms with van der Waals surface area (Å²) in [6.45, 7) is 2.33. The molecule has 1 saturated carbocycles. The molecule has 0 bridgehead atoms. The minimum absolute atomic E-state index is 0.114. The standard InChI is InChI=1S/C16H25FSi/c1-2-18-12-11-13-3-5-14(6-4-13)15-7-9-16(17)10-8-15/h7-10,13-14H,2-6,11-12,18H2,1H3/t13-,14-. The lowest BCUT2D eigenvalue weighted by Gasteiger charge is -2.28. The Kier molecular flexibility index (Phi) is 5.42. The molecule has 1 aromatic rings. The van der Waals surface area contributed by atoms with Crippen LogP contribution in [0.3, 0.4) is 0 Å². The van der Waals surface area contributed by atoms with Crippen LogP contribution in [0.15, 0.2) is 24.3 Å². The number of hydrogen-bond acceptors (Lipinski definition) is 0. The average Bonchev–Trinajstić information content (AvgIpc) is 2.41. The third-order valence-electron chi connectivity index (χ3n) is 4.40. The second-order valence-electron chi connectivity index (χ2n) is 5.76. The molecule has 0 N–H and O–H groups in total. The zero-order chi connectivity index (χ0) is 12.8. The van der Waals surface area contributed by atoms with Gasteiger partial charge in [0.05, 0.1) is 0 Å². The zero-order valence-corrected chi connectivity index (χ0v) is 12.9. The van der Waals surface area contributed by atoms with Crippen LogP contribution in [0.1, 0.15) is 50.5 Å². The lowest BCUT2D eigenvalue weighted by atomic mass is 9.78. The summed E-state index contributed by atoms with van der Waals surface area (Å²) in [4.78, 5) is 0. The quantitative estimate of drug-likeness (QED) is 0.542. The molecule has 0 nitrogen and oxygen atoms in total. The van der Waals surface area contributed by atoms with Crippen molar-refractivity contribution in [3.05, 3.63) is 35.6 Å². The van der Waals surface area contributed by atoms with Crippen molar-refractivity contribution in [1.29, 1.82) is 0 Å². The minimum Gasteiger partial charge on any atom is -0.207 e. The number of benzene rings is 1. The highest BCUT2D eigenvalue weighted by Gasteiger charge is 2.21. The highest BCUT2D eigenvalue weighted by molar-refractivity contribution is 6.35. The van der Waals surface area contributed by atoms with Gasteiger partial charge in [-0.15, -0.1) is 0 Å². The smallest absolute Gasteiger partial charge is 0.123 e.